The lowest BCUT2D eigenvalue weighted by molar-refractivity contribution is -0.161. The molecule has 0 heterocycles. The van der Waals surface area contributed by atoms with Crippen LogP contribution < -0.4 is 0 Å². The van der Waals surface area contributed by atoms with Gasteiger partial charge in [-0.15, -0.1) is 0 Å². The van der Waals surface area contributed by atoms with Crippen molar-refractivity contribution in [1.82, 2.24) is 0 Å². The molecular weight excluding hydrogens is 1220 g/mol. The number of esters is 3. The van der Waals surface area contributed by atoms with E-state index in [9.17, 15) is 43.5 Å². The number of unbranched alkanes of at least 4 members (excludes halogenated alkanes) is 21. The second-order valence-corrected chi connectivity index (χ2v) is 26.2. The van der Waals surface area contributed by atoms with E-state index in [-0.39, 0.29) is 19.3 Å². The highest BCUT2D eigenvalue weighted by Crippen LogP contribution is 2.45. The lowest BCUT2D eigenvalue weighted by atomic mass is 10.0. The highest BCUT2D eigenvalue weighted by Gasteiger charge is 2.29. The molecule has 0 rings (SSSR count). The van der Waals surface area contributed by atoms with Crippen molar-refractivity contribution < 1.29 is 75.8 Å². The Labute approximate surface area is 563 Å². The molecule has 0 aliphatic rings. The summed E-state index contributed by atoms with van der Waals surface area (Å²) < 4.78 is 60.9. The Balaban J connectivity index is 4.66. The maximum atomic E-state index is 12.9. The molecule has 0 spiro atoms. The molecule has 5 unspecified atom stereocenters. The first-order valence-corrected chi connectivity index (χ1v) is 38.5. The van der Waals surface area contributed by atoms with Gasteiger partial charge in [-0.25, -0.2) is 9.13 Å². The number of ether oxygens (including phenoxy) is 3. The summed E-state index contributed by atoms with van der Waals surface area (Å²) in [6, 6.07) is 0. The Morgan fingerprint density at radius 2 is 0.570 bits per heavy atom. The molecule has 93 heavy (non-hydrogen) atoms. The van der Waals surface area contributed by atoms with Gasteiger partial charge in [0.05, 0.1) is 26.4 Å². The number of phosphoric acid groups is 2. The fraction of sp³-hybridized carbons (Fsp3) is 0.667. The number of allylic oxidation sites excluding steroid dienone is 22. The zero-order valence-electron chi connectivity index (χ0n) is 57.6. The van der Waals surface area contributed by atoms with Crippen LogP contribution in [-0.2, 0) is 55.8 Å². The van der Waals surface area contributed by atoms with Gasteiger partial charge in [0.15, 0.2) is 6.10 Å². The minimum Gasteiger partial charge on any atom is -0.463 e. The minimum atomic E-state index is -4.94. The topological polar surface area (TPSA) is 231 Å². The summed E-state index contributed by atoms with van der Waals surface area (Å²) in [4.78, 5) is 58.4. The first kappa shape index (κ1) is 88.7. The van der Waals surface area contributed by atoms with Crippen molar-refractivity contribution in [3.05, 3.63) is 134 Å². The molecule has 0 fully saturated rings. The normalized spacial score (nSPS) is 15.0. The summed E-state index contributed by atoms with van der Waals surface area (Å²) in [5.74, 6) is -1.64. The number of carbonyl (C=O) groups excluding carboxylic acids is 3. The number of aliphatic hydroxyl groups excluding tert-OH is 2. The third kappa shape index (κ3) is 68.9. The maximum absolute atomic E-state index is 12.9. The van der Waals surface area contributed by atoms with Gasteiger partial charge in [0.1, 0.15) is 25.4 Å². The van der Waals surface area contributed by atoms with Gasteiger partial charge in [-0.1, -0.05) is 264 Å². The fourth-order valence-electron chi connectivity index (χ4n) is 9.01. The predicted octanol–water partition coefficient (Wildman–Crippen LogP) is 20.0. The van der Waals surface area contributed by atoms with Gasteiger partial charge < -0.3 is 34.2 Å². The van der Waals surface area contributed by atoms with Gasteiger partial charge in [-0.3, -0.25) is 32.5 Å². The largest absolute Gasteiger partial charge is 0.472 e. The molecule has 4 N–H and O–H groups in total. The molecule has 16 nitrogen and oxygen atoms in total. The summed E-state index contributed by atoms with van der Waals surface area (Å²) in [5.41, 5.74) is 0. The van der Waals surface area contributed by atoms with E-state index in [1.54, 1.807) is 0 Å². The van der Waals surface area contributed by atoms with Gasteiger partial charge in [0, 0.05) is 19.3 Å². The summed E-state index contributed by atoms with van der Waals surface area (Å²) in [7, 11) is -9.80. The standard InChI is InChI=1S/C75H126O16P2/c1-4-7-10-13-16-19-22-25-27-29-31-33-34-36-38-39-41-44-46-49-52-55-58-61-73(78)85-64-70(76)65-87-92(81,82)88-66-71(77)67-89-93(83,84)90-69-72(91-75(80)63-60-57-54-51-48-43-24-21-18-15-12-9-6-3)68-86-74(79)62-59-56-53-50-47-45-42-40-37-35-32-30-28-26-23-20-17-14-11-8-5-2/h7-8,10-11,16-17,19-20,25-28,31-33,35-36,38,40,42,47,50,70-72,76-77H,4-6,9,12-15,18,21-24,29-30,34,37,39,41,43-46,48-49,51-69H2,1-3H3,(H,81,82)(H,83,84)/b10-7-,11-8-,19-16-,20-17-,27-25-,28-26-,33-31-,35-32-,38-36-,42-40-,50-47-. The van der Waals surface area contributed by atoms with E-state index in [0.717, 1.165) is 154 Å². The summed E-state index contributed by atoms with van der Waals surface area (Å²) in [5, 5.41) is 20.6. The first-order valence-electron chi connectivity index (χ1n) is 35.5. The number of hydrogen-bond acceptors (Lipinski definition) is 14. The van der Waals surface area contributed by atoms with Crippen molar-refractivity contribution in [1.29, 1.82) is 0 Å². The van der Waals surface area contributed by atoms with Crippen LogP contribution in [0.5, 0.6) is 0 Å². The van der Waals surface area contributed by atoms with E-state index in [2.05, 4.69) is 154 Å². The lowest BCUT2D eigenvalue weighted by Gasteiger charge is -2.21. The quantitative estimate of drug-likeness (QED) is 0.0146. The van der Waals surface area contributed by atoms with Gasteiger partial charge in [-0.2, -0.15) is 0 Å². The molecule has 0 aliphatic carbocycles. The third-order valence-electron chi connectivity index (χ3n) is 14.4. The lowest BCUT2D eigenvalue weighted by Crippen LogP contribution is -2.30. The molecule has 0 amide bonds. The van der Waals surface area contributed by atoms with Crippen LogP contribution in [0.2, 0.25) is 0 Å². The van der Waals surface area contributed by atoms with Crippen LogP contribution >= 0.6 is 15.6 Å². The van der Waals surface area contributed by atoms with E-state index >= 15 is 0 Å². The van der Waals surface area contributed by atoms with Crippen molar-refractivity contribution >= 4 is 33.6 Å². The number of hydrogen-bond donors (Lipinski definition) is 4. The molecule has 0 radical (unpaired) electrons. The molecule has 532 valence electrons. The summed E-state index contributed by atoms with van der Waals surface area (Å²) in [6.07, 6.45) is 79.3. The first-order chi connectivity index (χ1) is 45.2. The zero-order valence-corrected chi connectivity index (χ0v) is 59.4. The smallest absolute Gasteiger partial charge is 0.463 e. The van der Waals surface area contributed by atoms with E-state index in [0.29, 0.717) is 19.3 Å². The van der Waals surface area contributed by atoms with Crippen molar-refractivity contribution in [2.24, 2.45) is 0 Å². The number of carbonyl (C=O) groups is 3. The third-order valence-corrected chi connectivity index (χ3v) is 16.3. The molecule has 0 bridgehead atoms. The molecule has 0 aromatic carbocycles. The SMILES string of the molecule is CC/C=C\C/C=C\C/C=C\C/C=C\C/C=C\C/C=C\CCCCC(=O)OCC(COP(=O)(O)OCC(O)COP(=O)(O)OCC(O)COC(=O)CCCCCCCCC/C=C\C/C=C\C/C=C\C/C=C\C/C=C\CC)OC(=O)CCCCCCCCCCCCCCC. The van der Waals surface area contributed by atoms with Gasteiger partial charge >= 0.3 is 33.6 Å². The van der Waals surface area contributed by atoms with Crippen LogP contribution in [0.3, 0.4) is 0 Å². The van der Waals surface area contributed by atoms with Crippen molar-refractivity contribution in [3.8, 4) is 0 Å². The van der Waals surface area contributed by atoms with Crippen molar-refractivity contribution in [3.63, 3.8) is 0 Å². The Bertz CT molecular complexity index is 2230. The Kier molecular flexibility index (Phi) is 64.5. The predicted molar refractivity (Wildman–Crippen MR) is 380 cm³/mol. The summed E-state index contributed by atoms with van der Waals surface area (Å²) in [6.45, 7) is 2.37. The molecule has 18 heteroatoms. The Morgan fingerprint density at radius 3 is 0.925 bits per heavy atom. The highest BCUT2D eigenvalue weighted by molar-refractivity contribution is 7.47. The molecule has 0 saturated carbocycles. The Morgan fingerprint density at radius 1 is 0.312 bits per heavy atom. The van der Waals surface area contributed by atoms with E-state index in [1.165, 1.54) is 51.4 Å². The van der Waals surface area contributed by atoms with Crippen LogP contribution in [0.4, 0.5) is 0 Å². The number of aliphatic hydroxyl groups is 2. The second-order valence-electron chi connectivity index (χ2n) is 23.3. The molecule has 0 saturated heterocycles. The van der Waals surface area contributed by atoms with Gasteiger partial charge in [0.25, 0.3) is 0 Å². The average molecular weight is 1350 g/mol. The Hall–Kier alpha value is -4.31. The van der Waals surface area contributed by atoms with Crippen LogP contribution in [-0.4, -0.2) is 95.9 Å². The van der Waals surface area contributed by atoms with Crippen LogP contribution in [0, 0.1) is 0 Å². The molecular formula is C75H126O16P2. The zero-order chi connectivity index (χ0) is 68.1. The van der Waals surface area contributed by atoms with E-state index < -0.39 is 91.5 Å². The minimum absolute atomic E-state index is 0.0939. The van der Waals surface area contributed by atoms with Gasteiger partial charge in [0.2, 0.25) is 0 Å². The summed E-state index contributed by atoms with van der Waals surface area (Å²) >= 11 is 0. The van der Waals surface area contributed by atoms with Crippen LogP contribution in [0.1, 0.15) is 265 Å². The molecule has 5 atom stereocenters. The van der Waals surface area contributed by atoms with Gasteiger partial charge in [-0.05, 0) is 116 Å². The van der Waals surface area contributed by atoms with Crippen molar-refractivity contribution in [2.75, 3.05) is 39.6 Å². The average Bonchev–Trinajstić information content (AvgIpc) is 3.52. The fourth-order valence-corrected chi connectivity index (χ4v) is 10.6. The van der Waals surface area contributed by atoms with E-state index in [1.807, 2.05) is 0 Å². The maximum Gasteiger partial charge on any atom is 0.472 e. The molecule has 0 aliphatic heterocycles. The van der Waals surface area contributed by atoms with E-state index in [4.69, 9.17) is 32.3 Å². The number of phosphoric ester groups is 2. The monoisotopic (exact) mass is 1340 g/mol. The molecule has 0 aromatic heterocycles. The van der Waals surface area contributed by atoms with Crippen LogP contribution in [0.25, 0.3) is 0 Å². The van der Waals surface area contributed by atoms with Crippen molar-refractivity contribution in [2.45, 2.75) is 283 Å². The number of rotatable bonds is 66. The second kappa shape index (κ2) is 67.7. The molecule has 0 aromatic rings. The van der Waals surface area contributed by atoms with Crippen LogP contribution in [0.15, 0.2) is 134 Å². The highest BCUT2D eigenvalue weighted by atomic mass is 31.2.